The van der Waals surface area contributed by atoms with Gasteiger partial charge in [0.25, 0.3) is 0 Å². The number of rotatable bonds is 13. The molecule has 3 fully saturated rings. The van der Waals surface area contributed by atoms with Gasteiger partial charge in [-0.2, -0.15) is 0 Å². The van der Waals surface area contributed by atoms with E-state index in [4.69, 9.17) is 58.5 Å². The zero-order chi connectivity index (χ0) is 34.3. The van der Waals surface area contributed by atoms with Gasteiger partial charge < -0.3 is 80.5 Å². The Hall–Kier alpha value is -1.24. The lowest BCUT2D eigenvalue weighted by atomic mass is 9.93. The quantitative estimate of drug-likeness (QED) is 0.0786. The van der Waals surface area contributed by atoms with E-state index in [1.54, 1.807) is 0 Å². The van der Waals surface area contributed by atoms with Crippen molar-refractivity contribution in [2.45, 2.75) is 91.9 Å². The first-order valence-corrected chi connectivity index (χ1v) is 15.5. The van der Waals surface area contributed by atoms with Gasteiger partial charge in [-0.15, -0.1) is 34.8 Å². The summed E-state index contributed by atoms with van der Waals surface area (Å²) in [5.41, 5.74) is 0. The molecule has 19 nitrogen and oxygen atoms in total. The van der Waals surface area contributed by atoms with Crippen molar-refractivity contribution in [1.82, 2.24) is 16.0 Å². The van der Waals surface area contributed by atoms with E-state index in [0.29, 0.717) is 0 Å². The molecule has 3 heterocycles. The summed E-state index contributed by atoms with van der Waals surface area (Å²) in [7, 11) is 0. The second kappa shape index (κ2) is 18.0. The van der Waals surface area contributed by atoms with Crippen molar-refractivity contribution < 1.29 is 78.9 Å². The number of carbonyl (C=O) groups is 3. The molecule has 3 aliphatic heterocycles. The van der Waals surface area contributed by atoms with E-state index in [9.17, 15) is 55.2 Å². The van der Waals surface area contributed by atoms with Crippen LogP contribution in [-0.4, -0.2) is 188 Å². The van der Waals surface area contributed by atoms with Crippen LogP contribution in [0.1, 0.15) is 0 Å². The highest BCUT2D eigenvalue weighted by molar-refractivity contribution is 6.27. The van der Waals surface area contributed by atoms with Crippen molar-refractivity contribution in [2.75, 3.05) is 37.5 Å². The van der Waals surface area contributed by atoms with Crippen LogP contribution in [0.3, 0.4) is 0 Å². The number of alkyl halides is 3. The van der Waals surface area contributed by atoms with Crippen LogP contribution in [0.4, 0.5) is 0 Å². The molecule has 0 aromatic rings. The molecule has 0 radical (unpaired) electrons. The average molecular weight is 731 g/mol. The van der Waals surface area contributed by atoms with Crippen LogP contribution in [0.25, 0.3) is 0 Å². The lowest BCUT2D eigenvalue weighted by molar-refractivity contribution is -0.351. The van der Waals surface area contributed by atoms with E-state index >= 15 is 0 Å². The fourth-order valence-corrected chi connectivity index (χ4v) is 5.48. The maximum atomic E-state index is 12.4. The van der Waals surface area contributed by atoms with Crippen molar-refractivity contribution in [3.63, 3.8) is 0 Å². The second-order valence-corrected chi connectivity index (χ2v) is 11.3. The number of carbonyl (C=O) groups excluding carboxylic acids is 3. The van der Waals surface area contributed by atoms with Crippen molar-refractivity contribution in [3.8, 4) is 0 Å². The fraction of sp³-hybridized carbons (Fsp3) is 0.875. The Morgan fingerprint density at radius 2 is 0.913 bits per heavy atom. The minimum Gasteiger partial charge on any atom is -0.394 e. The fourth-order valence-electron chi connectivity index (χ4n) is 5.25. The molecule has 0 spiro atoms. The zero-order valence-electron chi connectivity index (χ0n) is 23.9. The molecule has 22 heteroatoms. The second-order valence-electron chi connectivity index (χ2n) is 10.5. The average Bonchev–Trinajstić information content (AvgIpc) is 3.05. The number of ether oxygens (including phenoxy) is 5. The predicted octanol–water partition coefficient (Wildman–Crippen LogP) is -6.48. The van der Waals surface area contributed by atoms with Gasteiger partial charge >= 0.3 is 0 Å². The summed E-state index contributed by atoms with van der Waals surface area (Å²) in [6.45, 7) is -2.52. The third kappa shape index (κ3) is 9.05. The zero-order valence-corrected chi connectivity index (χ0v) is 26.1. The molecule has 3 amide bonds. The minimum atomic E-state index is -1.88. The van der Waals surface area contributed by atoms with Gasteiger partial charge in [-0.1, -0.05) is 0 Å². The summed E-state index contributed by atoms with van der Waals surface area (Å²) in [5.74, 6) is -4.17. The molecule has 0 bridgehead atoms. The van der Waals surface area contributed by atoms with Gasteiger partial charge in [0.05, 0.1) is 19.8 Å². The lowest BCUT2D eigenvalue weighted by Crippen LogP contribution is -2.71. The number of hydrogen-bond donors (Lipinski definition) is 11. The van der Waals surface area contributed by atoms with Crippen LogP contribution in [0.5, 0.6) is 0 Å². The van der Waals surface area contributed by atoms with Gasteiger partial charge in [0.2, 0.25) is 17.7 Å². The molecule has 0 aromatic heterocycles. The van der Waals surface area contributed by atoms with E-state index in [0.717, 1.165) is 0 Å². The molecule has 15 atom stereocenters. The molecule has 46 heavy (non-hydrogen) atoms. The van der Waals surface area contributed by atoms with E-state index in [2.05, 4.69) is 16.0 Å². The lowest BCUT2D eigenvalue weighted by Gasteiger charge is -2.49. The van der Waals surface area contributed by atoms with Crippen molar-refractivity contribution >= 4 is 52.5 Å². The summed E-state index contributed by atoms with van der Waals surface area (Å²) in [6.07, 6.45) is -20.0. The van der Waals surface area contributed by atoms with Gasteiger partial charge in [-0.05, 0) is 0 Å². The van der Waals surface area contributed by atoms with Crippen LogP contribution in [0.15, 0.2) is 0 Å². The number of amides is 3. The maximum Gasteiger partial charge on any atom is 0.235 e. The molecule has 3 aliphatic rings. The first-order valence-electron chi connectivity index (χ1n) is 13.9. The first-order chi connectivity index (χ1) is 21.8. The van der Waals surface area contributed by atoms with Crippen LogP contribution in [-0.2, 0) is 38.1 Å². The highest BCUT2D eigenvalue weighted by Gasteiger charge is 2.54. The normalized spacial score (nSPS) is 41.4. The Kier molecular flexibility index (Phi) is 15.3. The number of nitrogens with one attached hydrogen (secondary N) is 3. The Bertz CT molecular complexity index is 1020. The minimum absolute atomic E-state index is 0.537. The highest BCUT2D eigenvalue weighted by Crippen LogP contribution is 2.32. The Labute approximate surface area is 276 Å². The van der Waals surface area contributed by atoms with Gasteiger partial charge in [-0.3, -0.25) is 14.4 Å². The molecule has 1 unspecified atom stereocenters. The molecule has 3 saturated heterocycles. The first kappa shape index (κ1) is 39.2. The summed E-state index contributed by atoms with van der Waals surface area (Å²) >= 11 is 16.7. The van der Waals surface area contributed by atoms with Crippen LogP contribution >= 0.6 is 34.8 Å². The van der Waals surface area contributed by atoms with Gasteiger partial charge in [0.1, 0.15) is 90.7 Å². The third-order valence-electron chi connectivity index (χ3n) is 7.54. The Balaban J connectivity index is 1.92. The Morgan fingerprint density at radius 1 is 0.543 bits per heavy atom. The summed E-state index contributed by atoms with van der Waals surface area (Å²) in [4.78, 5) is 36.3. The highest BCUT2D eigenvalue weighted by atomic mass is 35.5. The van der Waals surface area contributed by atoms with E-state index in [-0.39, 0.29) is 0 Å². The summed E-state index contributed by atoms with van der Waals surface area (Å²) in [5, 5.41) is 90.4. The molecule has 266 valence electrons. The largest absolute Gasteiger partial charge is 0.394 e. The number of halogens is 3. The number of hydrogen-bond acceptors (Lipinski definition) is 16. The number of aliphatic hydroxyl groups is 8. The van der Waals surface area contributed by atoms with Crippen molar-refractivity contribution in [1.29, 1.82) is 0 Å². The monoisotopic (exact) mass is 729 g/mol. The smallest absolute Gasteiger partial charge is 0.235 e. The van der Waals surface area contributed by atoms with Crippen molar-refractivity contribution in [2.24, 2.45) is 0 Å². The van der Waals surface area contributed by atoms with E-state index in [1.165, 1.54) is 0 Å². The van der Waals surface area contributed by atoms with E-state index < -0.39 is 147 Å². The third-order valence-corrected chi connectivity index (χ3v) is 8.26. The SMILES string of the molecule is O=C(CCl)N[C@H]1[C@H](O[C@H]2[C@H](O)[C@@H](NC(=O)CCl)C(O)O[C@@H]2CO)O[C@H](CO)[C@@H](O[C@@H]2O[C@H](CO)[C@@H](O)[C@H](O)[C@H]2NC(=O)CCl)[C@@H]1O. The molecule has 0 aromatic carbocycles. The molecule has 11 N–H and O–H groups in total. The molecule has 3 rings (SSSR count). The van der Waals surface area contributed by atoms with Crippen LogP contribution < -0.4 is 16.0 Å². The van der Waals surface area contributed by atoms with Gasteiger partial charge in [0.15, 0.2) is 18.9 Å². The summed E-state index contributed by atoms with van der Waals surface area (Å²) in [6, 6.07) is -4.65. The number of aliphatic hydroxyl groups excluding tert-OH is 8. The molecular weight excluding hydrogens is 693 g/mol. The summed E-state index contributed by atoms with van der Waals surface area (Å²) < 4.78 is 28.3. The molecule has 0 aliphatic carbocycles. The van der Waals surface area contributed by atoms with Crippen molar-refractivity contribution in [3.05, 3.63) is 0 Å². The van der Waals surface area contributed by atoms with E-state index in [1.807, 2.05) is 0 Å². The van der Waals surface area contributed by atoms with Gasteiger partial charge in [-0.25, -0.2) is 0 Å². The van der Waals surface area contributed by atoms with Gasteiger partial charge in [0, 0.05) is 0 Å². The molecular formula is C24H38Cl3N3O16. The predicted molar refractivity (Wildman–Crippen MR) is 151 cm³/mol. The molecule has 0 saturated carbocycles. The Morgan fingerprint density at radius 3 is 1.35 bits per heavy atom. The maximum absolute atomic E-state index is 12.4. The van der Waals surface area contributed by atoms with Crippen LogP contribution in [0.2, 0.25) is 0 Å². The van der Waals surface area contributed by atoms with Crippen LogP contribution in [0, 0.1) is 0 Å². The topological polar surface area (TPSA) is 295 Å². The standard InChI is InChI=1S/C24H38Cl3N3O16/c25-1-10(34)28-13-18(39)20(8(5-32)42-22(13)41)45-24-15(30-12(36)3-27)19(40)21(9(6-33)44-24)46-23-14(29-11(35)2-26)17(38)16(37)7(4-31)43-23/h7-9,13-24,31-33,37-41H,1-6H2,(H,28,34)(H,29,35)(H,30,36)/t7-,8-,9-,13-,14-,15-,16-,17-,18-,19-,20-,21-,22?,23+,24+/m1/s1.